The highest BCUT2D eigenvalue weighted by atomic mass is 16.6. The minimum absolute atomic E-state index is 0.0873. The average Bonchev–Trinajstić information content (AvgIpc) is 3.19. The molecule has 0 spiro atoms. The van der Waals surface area contributed by atoms with Gasteiger partial charge >= 0.3 is 6.09 Å². The number of ether oxygens (including phenoxy) is 1. The number of amides is 3. The van der Waals surface area contributed by atoms with Gasteiger partial charge < -0.3 is 15.0 Å². The fraction of sp³-hybridized carbons (Fsp3) is 0.560. The summed E-state index contributed by atoms with van der Waals surface area (Å²) in [6.45, 7) is 8.58. The summed E-state index contributed by atoms with van der Waals surface area (Å²) < 4.78 is 5.50. The largest absolute Gasteiger partial charge is 0.444 e. The molecule has 0 aromatic heterocycles. The minimum Gasteiger partial charge on any atom is -0.444 e. The number of nitrogens with zero attached hydrogens (tertiary/aromatic N) is 2. The minimum atomic E-state index is -0.612. The van der Waals surface area contributed by atoms with Gasteiger partial charge in [-0.3, -0.25) is 14.5 Å². The molecule has 1 fully saturated rings. The van der Waals surface area contributed by atoms with Crippen LogP contribution in [0.5, 0.6) is 0 Å². The standard InChI is InChI=1S/C25H35N3O4/c1-5-19(13-14-22(29)27-17-15-18-10-6-7-11-20(18)27)26-23(30)21-12-8-9-16-28(21)24(31)32-25(2,3)4/h6-7,10-11,13-14,19,21H,5,8-9,12,15-17H2,1-4H3,(H,26,30)/b14-13+/t19-,21-/m0/s1. The van der Waals surface area contributed by atoms with Crippen molar-refractivity contribution in [1.82, 2.24) is 10.2 Å². The van der Waals surface area contributed by atoms with Crippen LogP contribution in [0.4, 0.5) is 10.5 Å². The van der Waals surface area contributed by atoms with Crippen LogP contribution in [0, 0.1) is 0 Å². The first-order chi connectivity index (χ1) is 15.2. The number of carbonyl (C=O) groups excluding carboxylic acids is 3. The predicted molar refractivity (Wildman–Crippen MR) is 124 cm³/mol. The zero-order valence-corrected chi connectivity index (χ0v) is 19.6. The third-order valence-corrected chi connectivity index (χ3v) is 5.83. The maximum atomic E-state index is 13.0. The van der Waals surface area contributed by atoms with Crippen molar-refractivity contribution >= 4 is 23.6 Å². The SMILES string of the molecule is CC[C@@H](/C=C/C(=O)N1CCc2ccccc21)NC(=O)[C@@H]1CCCCN1C(=O)OC(C)(C)C. The lowest BCUT2D eigenvalue weighted by Gasteiger charge is -2.36. The number of carbonyl (C=O) groups is 3. The van der Waals surface area contributed by atoms with E-state index in [9.17, 15) is 14.4 Å². The number of anilines is 1. The molecule has 32 heavy (non-hydrogen) atoms. The Hall–Kier alpha value is -2.83. The first-order valence-electron chi connectivity index (χ1n) is 11.6. The third-order valence-electron chi connectivity index (χ3n) is 5.83. The number of fused-ring (bicyclic) bond motifs is 1. The highest BCUT2D eigenvalue weighted by Crippen LogP contribution is 2.27. The van der Waals surface area contributed by atoms with Crippen molar-refractivity contribution < 1.29 is 19.1 Å². The Kier molecular flexibility index (Phi) is 7.59. The molecule has 0 unspecified atom stereocenters. The molecule has 1 N–H and O–H groups in total. The van der Waals surface area contributed by atoms with Crippen LogP contribution in [0.3, 0.4) is 0 Å². The van der Waals surface area contributed by atoms with Crippen molar-refractivity contribution in [1.29, 1.82) is 0 Å². The number of likely N-dealkylation sites (tertiary alicyclic amines) is 1. The van der Waals surface area contributed by atoms with Gasteiger partial charge in [0.05, 0.1) is 0 Å². The van der Waals surface area contributed by atoms with Crippen molar-refractivity contribution in [3.05, 3.63) is 42.0 Å². The summed E-state index contributed by atoms with van der Waals surface area (Å²) >= 11 is 0. The van der Waals surface area contributed by atoms with Crippen LogP contribution in [-0.4, -0.2) is 53.6 Å². The van der Waals surface area contributed by atoms with Crippen LogP contribution >= 0.6 is 0 Å². The Morgan fingerprint density at radius 2 is 1.94 bits per heavy atom. The smallest absolute Gasteiger partial charge is 0.410 e. The zero-order valence-electron chi connectivity index (χ0n) is 19.6. The summed E-state index contributed by atoms with van der Waals surface area (Å²) in [5.74, 6) is -0.290. The molecule has 3 rings (SSSR count). The molecule has 0 bridgehead atoms. The fourth-order valence-electron chi connectivity index (χ4n) is 4.16. The summed E-state index contributed by atoms with van der Waals surface area (Å²) in [6, 6.07) is 7.08. The van der Waals surface area contributed by atoms with Gasteiger partial charge in [0.25, 0.3) is 5.91 Å². The number of hydrogen-bond donors (Lipinski definition) is 1. The lowest BCUT2D eigenvalue weighted by atomic mass is 10.0. The van der Waals surface area contributed by atoms with Crippen LogP contribution in [0.2, 0.25) is 0 Å². The van der Waals surface area contributed by atoms with Crippen molar-refractivity contribution in [3.63, 3.8) is 0 Å². The average molecular weight is 442 g/mol. The second-order valence-corrected chi connectivity index (χ2v) is 9.44. The van der Waals surface area contributed by atoms with Crippen LogP contribution in [-0.2, 0) is 20.7 Å². The van der Waals surface area contributed by atoms with E-state index in [4.69, 9.17) is 4.74 Å². The number of rotatable bonds is 5. The molecule has 2 aliphatic rings. The van der Waals surface area contributed by atoms with Crippen LogP contribution in [0.15, 0.2) is 36.4 Å². The highest BCUT2D eigenvalue weighted by molar-refractivity contribution is 6.03. The summed E-state index contributed by atoms with van der Waals surface area (Å²) in [6.07, 6.45) is 6.68. The molecule has 174 valence electrons. The van der Waals surface area contributed by atoms with Crippen LogP contribution in [0.25, 0.3) is 0 Å². The Labute approximate surface area is 190 Å². The molecule has 7 heteroatoms. The van der Waals surface area contributed by atoms with Crippen molar-refractivity contribution in [2.24, 2.45) is 0 Å². The fourth-order valence-corrected chi connectivity index (χ4v) is 4.16. The van der Waals surface area contributed by atoms with Gasteiger partial charge in [0.15, 0.2) is 0 Å². The molecule has 0 aliphatic carbocycles. The van der Waals surface area contributed by atoms with E-state index in [1.165, 1.54) is 10.5 Å². The van der Waals surface area contributed by atoms with E-state index in [1.54, 1.807) is 17.1 Å². The first-order valence-corrected chi connectivity index (χ1v) is 11.6. The van der Waals surface area contributed by atoms with Crippen LogP contribution < -0.4 is 10.2 Å². The molecule has 0 saturated carbocycles. The van der Waals surface area contributed by atoms with Crippen molar-refractivity contribution in [2.45, 2.75) is 77.5 Å². The third kappa shape index (κ3) is 5.90. The number of para-hydroxylation sites is 1. The Morgan fingerprint density at radius 1 is 1.19 bits per heavy atom. The van der Waals surface area contributed by atoms with Gasteiger partial charge in [0.1, 0.15) is 11.6 Å². The summed E-state index contributed by atoms with van der Waals surface area (Å²) in [5, 5.41) is 3.00. The molecular weight excluding hydrogens is 406 g/mol. The maximum absolute atomic E-state index is 13.0. The number of nitrogens with one attached hydrogen (secondary N) is 1. The van der Waals surface area contributed by atoms with E-state index < -0.39 is 17.7 Å². The number of hydrogen-bond acceptors (Lipinski definition) is 4. The molecular formula is C25H35N3O4. The monoisotopic (exact) mass is 441 g/mol. The Bertz CT molecular complexity index is 874. The molecule has 1 aromatic carbocycles. The number of benzene rings is 1. The van der Waals surface area contributed by atoms with Gasteiger partial charge in [0, 0.05) is 30.9 Å². The highest BCUT2D eigenvalue weighted by Gasteiger charge is 2.35. The van der Waals surface area contributed by atoms with E-state index in [-0.39, 0.29) is 17.9 Å². The van der Waals surface area contributed by atoms with Gasteiger partial charge in [-0.25, -0.2) is 4.79 Å². The van der Waals surface area contributed by atoms with Crippen LogP contribution in [0.1, 0.15) is 58.9 Å². The van der Waals surface area contributed by atoms with E-state index in [2.05, 4.69) is 5.32 Å². The second-order valence-electron chi connectivity index (χ2n) is 9.44. The zero-order chi connectivity index (χ0) is 23.3. The van der Waals surface area contributed by atoms with Gasteiger partial charge in [-0.05, 0) is 64.5 Å². The van der Waals surface area contributed by atoms with Gasteiger partial charge in [-0.2, -0.15) is 0 Å². The van der Waals surface area contributed by atoms with Gasteiger partial charge in [0.2, 0.25) is 5.91 Å². The Balaban J connectivity index is 1.62. The topological polar surface area (TPSA) is 79.0 Å². The van der Waals surface area contributed by atoms with Gasteiger partial charge in [-0.15, -0.1) is 0 Å². The van der Waals surface area contributed by atoms with E-state index in [0.717, 1.165) is 24.9 Å². The quantitative estimate of drug-likeness (QED) is 0.705. The molecule has 7 nitrogen and oxygen atoms in total. The Morgan fingerprint density at radius 3 is 2.66 bits per heavy atom. The first kappa shape index (κ1) is 23.8. The van der Waals surface area contributed by atoms with Gasteiger partial charge in [-0.1, -0.05) is 31.2 Å². The molecule has 2 atom stereocenters. The molecule has 1 aromatic rings. The number of piperidine rings is 1. The van der Waals surface area contributed by atoms with Crippen molar-refractivity contribution in [3.8, 4) is 0 Å². The normalized spacial score (nSPS) is 19.6. The molecule has 2 heterocycles. The molecule has 0 radical (unpaired) electrons. The van der Waals surface area contributed by atoms with E-state index >= 15 is 0 Å². The lowest BCUT2D eigenvalue weighted by Crippen LogP contribution is -2.54. The van der Waals surface area contributed by atoms with Crippen molar-refractivity contribution in [2.75, 3.05) is 18.0 Å². The molecule has 1 saturated heterocycles. The summed E-state index contributed by atoms with van der Waals surface area (Å²) in [5.41, 5.74) is 1.52. The van der Waals surface area contributed by atoms with E-state index in [1.807, 2.05) is 52.0 Å². The molecule has 3 amide bonds. The van der Waals surface area contributed by atoms with E-state index in [0.29, 0.717) is 25.9 Å². The molecule has 2 aliphatic heterocycles. The summed E-state index contributed by atoms with van der Waals surface area (Å²) in [4.78, 5) is 41.7. The second kappa shape index (κ2) is 10.2. The summed E-state index contributed by atoms with van der Waals surface area (Å²) in [7, 11) is 0. The lowest BCUT2D eigenvalue weighted by molar-refractivity contribution is -0.128. The maximum Gasteiger partial charge on any atom is 0.410 e. The predicted octanol–water partition coefficient (Wildman–Crippen LogP) is 3.82.